The molecule has 0 saturated carbocycles. The van der Waals surface area contributed by atoms with Crippen LogP contribution in [0.4, 0.5) is 17.1 Å². The van der Waals surface area contributed by atoms with Crippen molar-refractivity contribution in [3.63, 3.8) is 0 Å². The zero-order valence-corrected chi connectivity index (χ0v) is 21.9. The summed E-state index contributed by atoms with van der Waals surface area (Å²) in [5.41, 5.74) is 1.95. The molecule has 9 nitrogen and oxygen atoms in total. The molecule has 0 saturated heterocycles. The molecule has 1 atom stereocenters. The van der Waals surface area contributed by atoms with Crippen molar-refractivity contribution in [1.29, 1.82) is 0 Å². The van der Waals surface area contributed by atoms with Gasteiger partial charge in [0.2, 0.25) is 5.91 Å². The van der Waals surface area contributed by atoms with Crippen LogP contribution in [0.25, 0.3) is 0 Å². The van der Waals surface area contributed by atoms with E-state index in [0.717, 1.165) is 10.5 Å². The van der Waals surface area contributed by atoms with Crippen molar-refractivity contribution in [3.8, 4) is 11.5 Å². The maximum atomic E-state index is 13.4. The van der Waals surface area contributed by atoms with Gasteiger partial charge < -0.3 is 20.1 Å². The van der Waals surface area contributed by atoms with Crippen LogP contribution in [0.5, 0.6) is 11.5 Å². The van der Waals surface area contributed by atoms with Gasteiger partial charge in [0.15, 0.2) is 0 Å². The fraction of sp³-hybridized carbons (Fsp3) is 0.103. The summed E-state index contributed by atoms with van der Waals surface area (Å²) >= 11 is 1.31. The Hall–Kier alpha value is -4.83. The first-order chi connectivity index (χ1) is 18.9. The van der Waals surface area contributed by atoms with E-state index >= 15 is 0 Å². The molecule has 4 rings (SSSR count). The summed E-state index contributed by atoms with van der Waals surface area (Å²) in [6, 6.07) is 27.2. The van der Waals surface area contributed by atoms with E-state index in [9.17, 15) is 19.7 Å². The lowest BCUT2D eigenvalue weighted by molar-refractivity contribution is -0.384. The summed E-state index contributed by atoms with van der Waals surface area (Å²) in [7, 11) is 2.96. The summed E-state index contributed by atoms with van der Waals surface area (Å²) in [6.45, 7) is 0. The van der Waals surface area contributed by atoms with Gasteiger partial charge in [0.05, 0.1) is 19.1 Å². The van der Waals surface area contributed by atoms with Crippen LogP contribution in [-0.2, 0) is 4.79 Å². The van der Waals surface area contributed by atoms with Crippen LogP contribution in [0.3, 0.4) is 0 Å². The largest absolute Gasteiger partial charge is 0.496 e. The molecule has 0 heterocycles. The minimum atomic E-state index is -0.637. The van der Waals surface area contributed by atoms with Gasteiger partial charge in [-0.1, -0.05) is 42.5 Å². The number of benzene rings is 4. The molecule has 0 aliphatic rings. The molecule has 0 aromatic heterocycles. The number of nitro benzene ring substituents is 1. The van der Waals surface area contributed by atoms with Gasteiger partial charge >= 0.3 is 0 Å². The van der Waals surface area contributed by atoms with Gasteiger partial charge in [-0.15, -0.1) is 11.8 Å². The molecule has 39 heavy (non-hydrogen) atoms. The number of carbonyl (C=O) groups excluding carboxylic acids is 2. The van der Waals surface area contributed by atoms with E-state index in [1.165, 1.54) is 50.2 Å². The highest BCUT2D eigenvalue weighted by Gasteiger charge is 2.23. The fourth-order valence-electron chi connectivity index (χ4n) is 3.83. The van der Waals surface area contributed by atoms with Gasteiger partial charge in [0, 0.05) is 28.4 Å². The van der Waals surface area contributed by atoms with Crippen LogP contribution in [0.1, 0.15) is 21.2 Å². The molecular weight excluding hydrogens is 518 g/mol. The van der Waals surface area contributed by atoms with Crippen LogP contribution >= 0.6 is 11.8 Å². The molecule has 0 spiro atoms. The lowest BCUT2D eigenvalue weighted by Gasteiger charge is -2.18. The molecule has 0 aliphatic heterocycles. The highest BCUT2D eigenvalue weighted by atomic mass is 32.2. The van der Waals surface area contributed by atoms with Crippen molar-refractivity contribution in [2.75, 3.05) is 24.9 Å². The second kappa shape index (κ2) is 12.6. The molecular formula is C29H25N3O6S. The molecule has 4 aromatic rings. The number of carbonyl (C=O) groups is 2. The zero-order chi connectivity index (χ0) is 27.8. The Morgan fingerprint density at radius 2 is 1.44 bits per heavy atom. The van der Waals surface area contributed by atoms with Crippen LogP contribution in [0.2, 0.25) is 0 Å². The molecule has 0 radical (unpaired) electrons. The van der Waals surface area contributed by atoms with Gasteiger partial charge in [-0.25, -0.2) is 0 Å². The smallest absolute Gasteiger partial charge is 0.269 e. The number of hydrogen-bond acceptors (Lipinski definition) is 7. The van der Waals surface area contributed by atoms with Gasteiger partial charge in [-0.2, -0.15) is 0 Å². The fourth-order valence-corrected chi connectivity index (χ4v) is 4.91. The zero-order valence-electron chi connectivity index (χ0n) is 21.1. The highest BCUT2D eigenvalue weighted by molar-refractivity contribution is 8.00. The number of methoxy groups -OCH3 is 2. The lowest BCUT2D eigenvalue weighted by atomic mass is 10.1. The van der Waals surface area contributed by atoms with Crippen LogP contribution in [0, 0.1) is 10.1 Å². The second-order valence-electron chi connectivity index (χ2n) is 8.22. The maximum absolute atomic E-state index is 13.4. The van der Waals surface area contributed by atoms with Gasteiger partial charge in [-0.05, 0) is 48.0 Å². The van der Waals surface area contributed by atoms with E-state index in [1.807, 2.05) is 36.4 Å². The number of amides is 2. The average molecular weight is 544 g/mol. The van der Waals surface area contributed by atoms with E-state index in [-0.39, 0.29) is 17.2 Å². The Bertz CT molecular complexity index is 1460. The Labute approximate surface area is 229 Å². The predicted molar refractivity (Wildman–Crippen MR) is 151 cm³/mol. The quantitative estimate of drug-likeness (QED) is 0.136. The molecule has 0 fully saturated rings. The van der Waals surface area contributed by atoms with Crippen molar-refractivity contribution in [2.45, 2.75) is 10.1 Å². The van der Waals surface area contributed by atoms with Crippen molar-refractivity contribution in [2.24, 2.45) is 0 Å². The number of nitrogens with zero attached hydrogens (tertiary/aromatic N) is 1. The maximum Gasteiger partial charge on any atom is 0.269 e. The molecule has 198 valence electrons. The third kappa shape index (κ3) is 6.74. The van der Waals surface area contributed by atoms with E-state index in [4.69, 9.17) is 9.47 Å². The topological polar surface area (TPSA) is 120 Å². The summed E-state index contributed by atoms with van der Waals surface area (Å²) in [6.07, 6.45) is 0. The first-order valence-electron chi connectivity index (χ1n) is 11.8. The van der Waals surface area contributed by atoms with Gasteiger partial charge in [0.1, 0.15) is 22.3 Å². The SMILES string of the molecule is COc1cccc(OC)c1C(=O)Nc1cccc(SC(C(=O)Nc2ccc([N+](=O)[O-])cc2)c2ccccc2)c1. The minimum Gasteiger partial charge on any atom is -0.496 e. The summed E-state index contributed by atoms with van der Waals surface area (Å²) < 4.78 is 10.7. The summed E-state index contributed by atoms with van der Waals surface area (Å²) in [5.74, 6) is 0.0593. The van der Waals surface area contributed by atoms with Crippen LogP contribution in [-0.4, -0.2) is 31.0 Å². The Morgan fingerprint density at radius 3 is 2.05 bits per heavy atom. The molecule has 10 heteroatoms. The lowest BCUT2D eigenvalue weighted by Crippen LogP contribution is -2.19. The Balaban J connectivity index is 1.56. The molecule has 0 bridgehead atoms. The molecule has 1 unspecified atom stereocenters. The van der Waals surface area contributed by atoms with Gasteiger partial charge in [-0.3, -0.25) is 19.7 Å². The number of rotatable bonds is 10. The number of hydrogen-bond donors (Lipinski definition) is 2. The van der Waals surface area contributed by atoms with Crippen molar-refractivity contribution in [3.05, 3.63) is 118 Å². The monoisotopic (exact) mass is 543 g/mol. The first kappa shape index (κ1) is 27.2. The predicted octanol–water partition coefficient (Wildman–Crippen LogP) is 6.34. The molecule has 2 N–H and O–H groups in total. The van der Waals surface area contributed by atoms with Crippen molar-refractivity contribution >= 4 is 40.6 Å². The second-order valence-corrected chi connectivity index (χ2v) is 9.40. The molecule has 2 amide bonds. The molecule has 4 aromatic carbocycles. The Kier molecular flexibility index (Phi) is 8.80. The number of non-ortho nitro benzene ring substituents is 1. The van der Waals surface area contributed by atoms with E-state index in [0.29, 0.717) is 22.9 Å². The highest BCUT2D eigenvalue weighted by Crippen LogP contribution is 2.37. The van der Waals surface area contributed by atoms with Gasteiger partial charge in [0.25, 0.3) is 11.6 Å². The van der Waals surface area contributed by atoms with Crippen LogP contribution in [0.15, 0.2) is 102 Å². The third-order valence-corrected chi connectivity index (χ3v) is 6.93. The number of nitrogens with one attached hydrogen (secondary N) is 2. The number of nitro groups is 1. The summed E-state index contributed by atoms with van der Waals surface area (Å²) in [4.78, 5) is 37.7. The van der Waals surface area contributed by atoms with E-state index < -0.39 is 16.1 Å². The third-order valence-electron chi connectivity index (χ3n) is 5.69. The van der Waals surface area contributed by atoms with E-state index in [1.54, 1.807) is 36.4 Å². The molecule has 0 aliphatic carbocycles. The minimum absolute atomic E-state index is 0.0633. The summed E-state index contributed by atoms with van der Waals surface area (Å²) in [5, 5.41) is 16.0. The van der Waals surface area contributed by atoms with Crippen LogP contribution < -0.4 is 20.1 Å². The Morgan fingerprint density at radius 1 is 0.795 bits per heavy atom. The number of anilines is 2. The standard InChI is InChI=1S/C29H25N3O6S/c1-37-24-12-7-13-25(38-2)26(24)28(33)31-21-10-6-11-23(18-21)39-27(19-8-4-3-5-9-19)29(34)30-20-14-16-22(17-15-20)32(35)36/h3-18,27H,1-2H3,(H,30,34)(H,31,33). The van der Waals surface area contributed by atoms with Crippen molar-refractivity contribution in [1.82, 2.24) is 0 Å². The number of ether oxygens (including phenoxy) is 2. The van der Waals surface area contributed by atoms with Crippen molar-refractivity contribution < 1.29 is 24.0 Å². The average Bonchev–Trinajstić information content (AvgIpc) is 2.96. The van der Waals surface area contributed by atoms with E-state index in [2.05, 4.69) is 10.6 Å². The normalized spacial score (nSPS) is 11.2. The first-order valence-corrected chi connectivity index (χ1v) is 12.7. The number of thioether (sulfide) groups is 1.